The van der Waals surface area contributed by atoms with E-state index in [1.807, 2.05) is 0 Å². The van der Waals surface area contributed by atoms with E-state index in [0.717, 1.165) is 6.42 Å². The molecule has 4 unspecified atom stereocenters. The quantitative estimate of drug-likeness (QED) is 0.201. The Morgan fingerprint density at radius 3 is 2.33 bits per heavy atom. The van der Waals surface area contributed by atoms with Crippen molar-refractivity contribution in [1.82, 2.24) is 0 Å². The second kappa shape index (κ2) is 9.96. The smallest absolute Gasteiger partial charge is 0.00785 e. The molecule has 4 aliphatic carbocycles. The molecule has 0 nitrogen and oxygen atoms in total. The predicted molar refractivity (Wildman–Crippen MR) is 159 cm³/mol. The monoisotopic (exact) mass is 486 g/mol. The van der Waals surface area contributed by atoms with Crippen LogP contribution in [0, 0.1) is 27.6 Å². The van der Waals surface area contributed by atoms with Gasteiger partial charge in [-0.3, -0.25) is 0 Å². The van der Waals surface area contributed by atoms with E-state index in [0.29, 0.717) is 16.7 Å². The van der Waals surface area contributed by atoms with Crippen molar-refractivity contribution in [1.29, 1.82) is 0 Å². The lowest BCUT2D eigenvalue weighted by molar-refractivity contribution is -0.0211. The van der Waals surface area contributed by atoms with Crippen molar-refractivity contribution >= 4 is 0 Å². The highest BCUT2D eigenvalue weighted by Crippen LogP contribution is 2.76. The minimum Gasteiger partial charge on any atom is -0.102 e. The summed E-state index contributed by atoms with van der Waals surface area (Å²) in [6.07, 6.45) is 25.0. The van der Waals surface area contributed by atoms with Gasteiger partial charge in [-0.05, 0) is 102 Å². The third-order valence-electron chi connectivity index (χ3n) is 11.4. The standard InChI is InChI=1S/C36H54/c1-10-15-20-34(8,14-5)27-16-17-29-28(13-4)32(25-26(12-3)33(6,7)19-11-2)36-23-22-35(36,9)21-18-31(36)30(29)24-27/h12,14,24-25,31H,3,5,10-11,13,15-23H2,1-2,4,6-9H3. The molecule has 0 heterocycles. The minimum atomic E-state index is 0.139. The molecule has 0 aromatic carbocycles. The summed E-state index contributed by atoms with van der Waals surface area (Å²) in [4.78, 5) is 0. The van der Waals surface area contributed by atoms with Gasteiger partial charge in [0, 0.05) is 10.8 Å². The van der Waals surface area contributed by atoms with Crippen LogP contribution in [0.25, 0.3) is 0 Å². The summed E-state index contributed by atoms with van der Waals surface area (Å²) < 4.78 is 0. The van der Waals surface area contributed by atoms with Gasteiger partial charge in [-0.2, -0.15) is 0 Å². The molecule has 0 heteroatoms. The molecule has 0 aromatic heterocycles. The molecule has 0 saturated heterocycles. The van der Waals surface area contributed by atoms with Crippen molar-refractivity contribution in [3.05, 3.63) is 70.9 Å². The van der Waals surface area contributed by atoms with Gasteiger partial charge in [0.2, 0.25) is 0 Å². The largest absolute Gasteiger partial charge is 0.102 e. The zero-order valence-electron chi connectivity index (χ0n) is 24.8. The van der Waals surface area contributed by atoms with Crippen LogP contribution in [0.15, 0.2) is 70.9 Å². The van der Waals surface area contributed by atoms with Crippen LogP contribution in [0.2, 0.25) is 0 Å². The Morgan fingerprint density at radius 2 is 1.78 bits per heavy atom. The lowest BCUT2D eigenvalue weighted by atomic mass is 9.43. The van der Waals surface area contributed by atoms with Crippen LogP contribution < -0.4 is 0 Å². The zero-order valence-corrected chi connectivity index (χ0v) is 24.8. The molecular weight excluding hydrogens is 432 g/mol. The molecular formula is C36H54. The van der Waals surface area contributed by atoms with E-state index < -0.39 is 0 Å². The van der Waals surface area contributed by atoms with Crippen LogP contribution in [-0.2, 0) is 0 Å². The van der Waals surface area contributed by atoms with Gasteiger partial charge >= 0.3 is 0 Å². The van der Waals surface area contributed by atoms with Gasteiger partial charge in [0.1, 0.15) is 0 Å². The molecule has 4 rings (SSSR count). The first kappa shape index (κ1) is 27.5. The maximum atomic E-state index is 4.32. The second-order valence-electron chi connectivity index (χ2n) is 13.6. The van der Waals surface area contributed by atoms with Crippen molar-refractivity contribution in [2.45, 2.75) is 126 Å². The van der Waals surface area contributed by atoms with Gasteiger partial charge in [-0.1, -0.05) is 104 Å². The fourth-order valence-electron chi connectivity index (χ4n) is 8.82. The number of allylic oxidation sites excluding steroid dienone is 10. The normalized spacial score (nSPS) is 31.7. The highest BCUT2D eigenvalue weighted by atomic mass is 14.7. The topological polar surface area (TPSA) is 0 Å². The van der Waals surface area contributed by atoms with Gasteiger partial charge in [0.05, 0.1) is 0 Å². The van der Waals surface area contributed by atoms with Crippen LogP contribution in [0.4, 0.5) is 0 Å². The van der Waals surface area contributed by atoms with Crippen molar-refractivity contribution in [2.75, 3.05) is 0 Å². The average molecular weight is 487 g/mol. The molecule has 2 saturated carbocycles. The molecule has 0 amide bonds. The third-order valence-corrected chi connectivity index (χ3v) is 11.4. The molecule has 1 spiro atoms. The van der Waals surface area contributed by atoms with Crippen molar-refractivity contribution < 1.29 is 0 Å². The summed E-state index contributed by atoms with van der Waals surface area (Å²) in [7, 11) is 0. The molecule has 4 aliphatic rings. The lowest BCUT2D eigenvalue weighted by Gasteiger charge is -2.61. The molecule has 36 heavy (non-hydrogen) atoms. The maximum absolute atomic E-state index is 4.32. The van der Waals surface area contributed by atoms with E-state index in [-0.39, 0.29) is 10.8 Å². The molecule has 4 atom stereocenters. The Bertz CT molecular complexity index is 1020. The van der Waals surface area contributed by atoms with Crippen LogP contribution in [-0.4, -0.2) is 0 Å². The Kier molecular flexibility index (Phi) is 7.60. The van der Waals surface area contributed by atoms with E-state index in [4.69, 9.17) is 0 Å². The third kappa shape index (κ3) is 4.01. The maximum Gasteiger partial charge on any atom is 0.00785 e. The number of unbranched alkanes of at least 4 members (excludes halogenated alkanes) is 1. The molecule has 0 radical (unpaired) electrons. The summed E-state index contributed by atoms with van der Waals surface area (Å²) in [5.74, 6) is 0.684. The van der Waals surface area contributed by atoms with Gasteiger partial charge in [0.15, 0.2) is 0 Å². The second-order valence-corrected chi connectivity index (χ2v) is 13.6. The molecule has 0 bridgehead atoms. The fraction of sp³-hybridized carbons (Fsp3) is 0.667. The summed E-state index contributed by atoms with van der Waals surface area (Å²) in [5.41, 5.74) is 11.0. The Morgan fingerprint density at radius 1 is 1.03 bits per heavy atom. The Labute approximate surface area is 223 Å². The molecule has 198 valence electrons. The number of hydrogen-bond donors (Lipinski definition) is 0. The first-order chi connectivity index (χ1) is 17.1. The molecule has 0 aliphatic heterocycles. The van der Waals surface area contributed by atoms with Gasteiger partial charge in [-0.25, -0.2) is 0 Å². The average Bonchev–Trinajstić information content (AvgIpc) is 3.06. The minimum absolute atomic E-state index is 0.139. The van der Waals surface area contributed by atoms with Crippen LogP contribution in [0.1, 0.15) is 126 Å². The highest BCUT2D eigenvalue weighted by Gasteiger charge is 2.67. The van der Waals surface area contributed by atoms with Crippen molar-refractivity contribution in [3.8, 4) is 0 Å². The van der Waals surface area contributed by atoms with Gasteiger partial charge in [-0.15, -0.1) is 6.58 Å². The highest BCUT2D eigenvalue weighted by molar-refractivity contribution is 5.60. The first-order valence-corrected chi connectivity index (χ1v) is 15.2. The van der Waals surface area contributed by atoms with E-state index >= 15 is 0 Å². The molecule has 0 N–H and O–H groups in total. The molecule has 0 aromatic rings. The van der Waals surface area contributed by atoms with E-state index in [2.05, 4.69) is 85.9 Å². The van der Waals surface area contributed by atoms with Crippen molar-refractivity contribution in [2.24, 2.45) is 27.6 Å². The fourth-order valence-corrected chi connectivity index (χ4v) is 8.82. The number of hydrogen-bond acceptors (Lipinski definition) is 0. The van der Waals surface area contributed by atoms with Crippen LogP contribution >= 0.6 is 0 Å². The van der Waals surface area contributed by atoms with Crippen LogP contribution in [0.5, 0.6) is 0 Å². The van der Waals surface area contributed by atoms with Crippen LogP contribution in [0.3, 0.4) is 0 Å². The van der Waals surface area contributed by atoms with Gasteiger partial charge in [0.25, 0.3) is 0 Å². The van der Waals surface area contributed by atoms with E-state index in [1.54, 1.807) is 27.9 Å². The van der Waals surface area contributed by atoms with E-state index in [1.165, 1.54) is 76.2 Å². The summed E-state index contributed by atoms with van der Waals surface area (Å²) in [5, 5.41) is 0. The Hall–Kier alpha value is -1.56. The van der Waals surface area contributed by atoms with Crippen molar-refractivity contribution in [3.63, 3.8) is 0 Å². The van der Waals surface area contributed by atoms with E-state index in [9.17, 15) is 0 Å². The Balaban J connectivity index is 1.92. The SMILES string of the molecule is C=CC(=CC1=C(CC)C2=C(C=C(C(C)(C=C)CCCC)CC2)C2CCC3(C)CCC123)C(C)(C)CCC. The zero-order chi connectivity index (χ0) is 26.4. The summed E-state index contributed by atoms with van der Waals surface area (Å²) >= 11 is 0. The lowest BCUT2D eigenvalue weighted by Crippen LogP contribution is -2.52. The number of rotatable bonds is 11. The summed E-state index contributed by atoms with van der Waals surface area (Å²) in [6, 6.07) is 0. The molecule has 2 fully saturated rings. The van der Waals surface area contributed by atoms with Gasteiger partial charge < -0.3 is 0 Å². The summed E-state index contributed by atoms with van der Waals surface area (Å²) in [6.45, 7) is 25.6. The number of fused-ring (bicyclic) bond motifs is 1. The predicted octanol–water partition coefficient (Wildman–Crippen LogP) is 11.2. The first-order valence-electron chi connectivity index (χ1n) is 15.2.